The number of aliphatic hydroxyl groups is 1. The van der Waals surface area contributed by atoms with Gasteiger partial charge in [0.15, 0.2) is 5.82 Å². The SMILES string of the molecule is [2H]C([2H])([2H])N1CCC(O)(C#Cc2cccc(-c3ncc4ccnc(N)c4n3)c2)C1=O. The first kappa shape index (κ1) is 13.7. The van der Waals surface area contributed by atoms with Gasteiger partial charge in [0.05, 0.1) is 0 Å². The number of rotatable bonds is 1. The Morgan fingerprint density at radius 1 is 1.37 bits per heavy atom. The molecule has 1 saturated heterocycles. The molecular weight excluding hydrogens is 342 g/mol. The average molecular weight is 362 g/mol. The number of aromatic nitrogens is 3. The predicted octanol–water partition coefficient (Wildman–Crippen LogP) is 1.22. The lowest BCUT2D eigenvalue weighted by atomic mass is 10.0. The fourth-order valence-corrected chi connectivity index (χ4v) is 2.85. The first-order valence-corrected chi connectivity index (χ1v) is 8.23. The predicted molar refractivity (Wildman–Crippen MR) is 101 cm³/mol. The third-order valence-corrected chi connectivity index (χ3v) is 4.36. The molecule has 3 aromatic rings. The molecule has 0 saturated carbocycles. The molecule has 0 aliphatic carbocycles. The van der Waals surface area contributed by atoms with Gasteiger partial charge in [-0.05, 0) is 18.2 Å². The van der Waals surface area contributed by atoms with Crippen LogP contribution in [0.5, 0.6) is 0 Å². The van der Waals surface area contributed by atoms with Crippen molar-refractivity contribution in [1.82, 2.24) is 19.9 Å². The molecule has 1 atom stereocenters. The molecule has 7 nitrogen and oxygen atoms in total. The van der Waals surface area contributed by atoms with Gasteiger partial charge in [-0.15, -0.1) is 0 Å². The molecule has 1 amide bonds. The highest BCUT2D eigenvalue weighted by Gasteiger charge is 2.42. The molecule has 3 N–H and O–H groups in total. The van der Waals surface area contributed by atoms with E-state index in [2.05, 4.69) is 26.8 Å². The van der Waals surface area contributed by atoms with Crippen molar-refractivity contribution in [2.24, 2.45) is 0 Å². The van der Waals surface area contributed by atoms with Crippen molar-refractivity contribution < 1.29 is 14.0 Å². The van der Waals surface area contributed by atoms with E-state index in [9.17, 15) is 9.90 Å². The number of benzene rings is 1. The van der Waals surface area contributed by atoms with Gasteiger partial charge >= 0.3 is 0 Å². The summed E-state index contributed by atoms with van der Waals surface area (Å²) >= 11 is 0. The largest absolute Gasteiger partial charge is 0.382 e. The Bertz CT molecular complexity index is 1220. The second kappa shape index (κ2) is 6.34. The number of likely N-dealkylation sites (N-methyl/N-ethyl adjacent to an activating group) is 1. The minimum absolute atomic E-state index is 0.0724. The van der Waals surface area contributed by atoms with E-state index >= 15 is 0 Å². The van der Waals surface area contributed by atoms with Crippen LogP contribution in [0.2, 0.25) is 0 Å². The maximum absolute atomic E-state index is 12.3. The number of carbonyl (C=O) groups is 1. The van der Waals surface area contributed by atoms with Crippen LogP contribution < -0.4 is 5.73 Å². The number of nitrogen functional groups attached to an aromatic ring is 1. The van der Waals surface area contributed by atoms with Gasteiger partial charge in [-0.2, -0.15) is 0 Å². The zero-order valence-electron chi connectivity index (χ0n) is 17.2. The molecule has 134 valence electrons. The van der Waals surface area contributed by atoms with E-state index in [4.69, 9.17) is 9.85 Å². The van der Waals surface area contributed by atoms with E-state index in [1.54, 1.807) is 42.7 Å². The van der Waals surface area contributed by atoms with Crippen molar-refractivity contribution in [3.8, 4) is 23.2 Å². The number of fused-ring (bicyclic) bond motifs is 1. The number of hydrogen-bond donors (Lipinski definition) is 2. The summed E-state index contributed by atoms with van der Waals surface area (Å²) in [6.45, 7) is -2.69. The Balaban J connectivity index is 1.65. The molecule has 4 rings (SSSR count). The molecule has 1 aromatic carbocycles. The van der Waals surface area contributed by atoms with Crippen LogP contribution in [0.3, 0.4) is 0 Å². The zero-order chi connectivity index (χ0) is 21.5. The summed E-state index contributed by atoms with van der Waals surface area (Å²) in [4.78, 5) is 25.8. The quantitative estimate of drug-likeness (QED) is 0.631. The van der Waals surface area contributed by atoms with E-state index in [1.165, 1.54) is 0 Å². The van der Waals surface area contributed by atoms with Gasteiger partial charge in [0.2, 0.25) is 5.60 Å². The number of hydrogen-bond acceptors (Lipinski definition) is 6. The van der Waals surface area contributed by atoms with Gasteiger partial charge < -0.3 is 15.7 Å². The van der Waals surface area contributed by atoms with Crippen LogP contribution in [0, 0.1) is 11.8 Å². The summed E-state index contributed by atoms with van der Waals surface area (Å²) in [5.74, 6) is 5.12. The number of nitrogens with two attached hydrogens (primary N) is 1. The molecule has 0 radical (unpaired) electrons. The molecule has 0 bridgehead atoms. The number of likely N-dealkylation sites (tertiary alicyclic amines) is 1. The van der Waals surface area contributed by atoms with Crippen molar-refractivity contribution in [3.05, 3.63) is 48.3 Å². The lowest BCUT2D eigenvalue weighted by Crippen LogP contribution is -2.37. The van der Waals surface area contributed by atoms with E-state index in [1.807, 2.05) is 0 Å². The zero-order valence-corrected chi connectivity index (χ0v) is 14.2. The minimum Gasteiger partial charge on any atom is -0.382 e. The first-order chi connectivity index (χ1) is 14.2. The Hall–Kier alpha value is -3.50. The van der Waals surface area contributed by atoms with E-state index in [0.717, 1.165) is 5.39 Å². The molecule has 27 heavy (non-hydrogen) atoms. The summed E-state index contributed by atoms with van der Waals surface area (Å²) in [6.07, 6.45) is 3.16. The fourth-order valence-electron chi connectivity index (χ4n) is 2.85. The number of carbonyl (C=O) groups excluding carboxylic acids is 1. The average Bonchev–Trinajstić information content (AvgIpc) is 3.02. The maximum Gasteiger partial charge on any atom is 0.267 e. The number of pyridine rings is 1. The van der Waals surface area contributed by atoms with E-state index < -0.39 is 18.5 Å². The van der Waals surface area contributed by atoms with Crippen LogP contribution in [-0.2, 0) is 4.79 Å². The summed E-state index contributed by atoms with van der Waals surface area (Å²) in [5, 5.41) is 11.3. The first-order valence-electron chi connectivity index (χ1n) is 9.73. The van der Waals surface area contributed by atoms with Crippen LogP contribution in [0.1, 0.15) is 16.1 Å². The van der Waals surface area contributed by atoms with Gasteiger partial charge in [0.1, 0.15) is 11.3 Å². The Kier molecular flexibility index (Phi) is 3.21. The molecule has 1 aliphatic heterocycles. The van der Waals surface area contributed by atoms with Crippen molar-refractivity contribution >= 4 is 22.6 Å². The van der Waals surface area contributed by atoms with Crippen LogP contribution >= 0.6 is 0 Å². The Labute approximate surface area is 160 Å². The monoisotopic (exact) mass is 362 g/mol. The van der Waals surface area contributed by atoms with E-state index in [-0.39, 0.29) is 13.0 Å². The third kappa shape index (κ3) is 3.07. The molecule has 3 heterocycles. The van der Waals surface area contributed by atoms with Crippen molar-refractivity contribution in [3.63, 3.8) is 0 Å². The molecular formula is C20H17N5O2. The van der Waals surface area contributed by atoms with Gasteiger partial charge in [0.25, 0.3) is 5.91 Å². The van der Waals surface area contributed by atoms with Crippen molar-refractivity contribution in [2.45, 2.75) is 12.0 Å². The fraction of sp³-hybridized carbons (Fsp3) is 0.200. The van der Waals surface area contributed by atoms with Crippen LogP contribution in [0.15, 0.2) is 42.7 Å². The standard InChI is InChI=1S/C20H17N5O2/c1-25-10-8-20(27,19(25)26)7-5-13-3-2-4-14(11-13)18-23-12-15-6-9-22-17(21)16(15)24-18/h2-4,6,9,11-12,27H,8,10H2,1H3,(H2,21,22)/i1D3. The van der Waals surface area contributed by atoms with Gasteiger partial charge in [-0.3, -0.25) is 4.79 Å². The van der Waals surface area contributed by atoms with E-state index in [0.29, 0.717) is 33.2 Å². The second-order valence-corrected chi connectivity index (χ2v) is 6.23. The third-order valence-electron chi connectivity index (χ3n) is 4.36. The van der Waals surface area contributed by atoms with Crippen LogP contribution in [0.25, 0.3) is 22.3 Å². The maximum atomic E-state index is 12.3. The van der Waals surface area contributed by atoms with Gasteiger partial charge in [0, 0.05) is 53.0 Å². The molecule has 1 aliphatic rings. The lowest BCUT2D eigenvalue weighted by Gasteiger charge is -2.13. The van der Waals surface area contributed by atoms with Gasteiger partial charge in [-0.25, -0.2) is 15.0 Å². The highest BCUT2D eigenvalue weighted by atomic mass is 16.3. The Morgan fingerprint density at radius 3 is 3.07 bits per heavy atom. The number of anilines is 1. The van der Waals surface area contributed by atoms with Crippen LogP contribution in [0.4, 0.5) is 5.82 Å². The molecule has 0 spiro atoms. The highest BCUT2D eigenvalue weighted by Crippen LogP contribution is 2.23. The summed E-state index contributed by atoms with van der Waals surface area (Å²) in [7, 11) is 0. The van der Waals surface area contributed by atoms with Gasteiger partial charge in [-0.1, -0.05) is 24.0 Å². The topological polar surface area (TPSA) is 105 Å². The Morgan fingerprint density at radius 2 is 2.26 bits per heavy atom. The molecule has 1 fully saturated rings. The summed E-state index contributed by atoms with van der Waals surface area (Å²) < 4.78 is 22.1. The smallest absolute Gasteiger partial charge is 0.267 e. The second-order valence-electron chi connectivity index (χ2n) is 6.23. The minimum atomic E-state index is -2.60. The number of amides is 1. The van der Waals surface area contributed by atoms with Crippen molar-refractivity contribution in [1.29, 1.82) is 0 Å². The molecule has 7 heteroatoms. The lowest BCUT2D eigenvalue weighted by molar-refractivity contribution is -0.137. The summed E-state index contributed by atoms with van der Waals surface area (Å²) in [5.41, 5.74) is 5.59. The highest BCUT2D eigenvalue weighted by molar-refractivity contribution is 5.90. The molecule has 2 aromatic heterocycles. The van der Waals surface area contributed by atoms with Crippen molar-refractivity contribution in [2.75, 3.05) is 19.3 Å². The van der Waals surface area contributed by atoms with Crippen LogP contribution in [-0.4, -0.2) is 50.0 Å². The normalized spacial score (nSPS) is 21.3. The molecule has 1 unspecified atom stereocenters. The summed E-state index contributed by atoms with van der Waals surface area (Å²) in [6, 6.07) is 8.72. The number of nitrogens with zero attached hydrogens (tertiary/aromatic N) is 4.